The quantitative estimate of drug-likeness (QED) is 0.803. The number of hydrogen-bond acceptors (Lipinski definition) is 5. The third-order valence-electron chi connectivity index (χ3n) is 3.41. The zero-order chi connectivity index (χ0) is 19.7. The Morgan fingerprint density at radius 1 is 1.23 bits per heavy atom. The number of thiazole rings is 1. The van der Waals surface area contributed by atoms with Crippen LogP contribution in [-0.2, 0) is 14.8 Å². The molecule has 2 N–H and O–H groups in total. The fourth-order valence-electron chi connectivity index (χ4n) is 2.20. The number of halogens is 2. The number of benzene rings is 1. The summed E-state index contributed by atoms with van der Waals surface area (Å²) in [6, 6.07) is 2.42. The first-order chi connectivity index (χ1) is 11.9. The van der Waals surface area contributed by atoms with Crippen molar-refractivity contribution in [3.8, 4) is 11.3 Å². The van der Waals surface area contributed by atoms with E-state index in [0.717, 1.165) is 29.7 Å². The number of amides is 1. The molecule has 1 aromatic heterocycles. The Labute approximate surface area is 154 Å². The Kier molecular flexibility index (Phi) is 5.79. The van der Waals surface area contributed by atoms with Crippen LogP contribution in [0.25, 0.3) is 11.3 Å². The number of hydrogen-bond donors (Lipinski definition) is 2. The van der Waals surface area contributed by atoms with Crippen molar-refractivity contribution in [3.63, 3.8) is 0 Å². The molecule has 1 atom stereocenters. The summed E-state index contributed by atoms with van der Waals surface area (Å²) in [4.78, 5) is 16.5. The normalized spacial score (nSPS) is 13.5. The summed E-state index contributed by atoms with van der Waals surface area (Å²) in [5, 5.41) is 4.02. The minimum atomic E-state index is -3.62. The van der Waals surface area contributed by atoms with E-state index in [-0.39, 0.29) is 16.4 Å². The van der Waals surface area contributed by atoms with E-state index < -0.39 is 39.0 Å². The summed E-state index contributed by atoms with van der Waals surface area (Å²) in [6.45, 7) is 5.12. The molecule has 6 nitrogen and oxygen atoms in total. The van der Waals surface area contributed by atoms with Crippen molar-refractivity contribution in [2.24, 2.45) is 5.41 Å². The van der Waals surface area contributed by atoms with Gasteiger partial charge in [0.15, 0.2) is 5.13 Å². The molecule has 1 heterocycles. The number of rotatable bonds is 5. The van der Waals surface area contributed by atoms with Crippen LogP contribution in [0.4, 0.5) is 13.9 Å². The number of carbonyl (C=O) groups excluding carboxylic acids is 1. The van der Waals surface area contributed by atoms with Gasteiger partial charge in [-0.2, -0.15) is 0 Å². The number of aromatic nitrogens is 1. The Bertz CT molecular complexity index is 901. The molecule has 1 aromatic carbocycles. The van der Waals surface area contributed by atoms with Gasteiger partial charge in [0.1, 0.15) is 17.7 Å². The zero-order valence-corrected chi connectivity index (χ0v) is 16.3. The highest BCUT2D eigenvalue weighted by atomic mass is 32.2. The average Bonchev–Trinajstić information content (AvgIpc) is 2.90. The smallest absolute Gasteiger partial charge is 0.244 e. The molecule has 0 saturated heterocycles. The van der Waals surface area contributed by atoms with Gasteiger partial charge in [0.2, 0.25) is 15.9 Å². The zero-order valence-electron chi connectivity index (χ0n) is 14.6. The first kappa shape index (κ1) is 20.4. The van der Waals surface area contributed by atoms with Gasteiger partial charge in [-0.25, -0.2) is 26.9 Å². The van der Waals surface area contributed by atoms with Gasteiger partial charge in [-0.05, 0) is 17.5 Å². The summed E-state index contributed by atoms with van der Waals surface area (Å²) in [5.74, 6) is -2.14. The van der Waals surface area contributed by atoms with Crippen LogP contribution < -0.4 is 10.0 Å². The van der Waals surface area contributed by atoms with Crippen LogP contribution >= 0.6 is 11.3 Å². The standard InChI is InChI=1S/C16H19F2N3O3S2/c1-16(2,3)13(21-26(4,23)24)14(22)20-15-19-11(8-25-15)12-9(17)6-5-7-10(12)18/h5-8,13,21H,1-4H3,(H,19,20,22). The van der Waals surface area contributed by atoms with Crippen LogP contribution in [0.5, 0.6) is 0 Å². The summed E-state index contributed by atoms with van der Waals surface area (Å²) in [6.07, 6.45) is 0.960. The lowest BCUT2D eigenvalue weighted by atomic mass is 9.87. The Hall–Kier alpha value is -1.91. The van der Waals surface area contributed by atoms with E-state index >= 15 is 0 Å². The van der Waals surface area contributed by atoms with Gasteiger partial charge in [0.05, 0.1) is 17.5 Å². The van der Waals surface area contributed by atoms with E-state index in [1.807, 2.05) is 0 Å². The van der Waals surface area contributed by atoms with Crippen molar-refractivity contribution in [1.82, 2.24) is 9.71 Å². The predicted molar refractivity (Wildman–Crippen MR) is 97.3 cm³/mol. The average molecular weight is 403 g/mol. The molecule has 0 spiro atoms. The topological polar surface area (TPSA) is 88.2 Å². The van der Waals surface area contributed by atoms with E-state index in [1.165, 1.54) is 11.4 Å². The summed E-state index contributed by atoms with van der Waals surface area (Å²) in [7, 11) is -3.62. The molecule has 0 aliphatic heterocycles. The molecule has 0 saturated carbocycles. The third kappa shape index (κ3) is 5.05. The number of nitrogens with zero attached hydrogens (tertiary/aromatic N) is 1. The van der Waals surface area contributed by atoms with Gasteiger partial charge in [-0.15, -0.1) is 11.3 Å². The first-order valence-corrected chi connectivity index (χ1v) is 10.3. The molecule has 10 heteroatoms. The molecule has 2 rings (SSSR count). The highest BCUT2D eigenvalue weighted by molar-refractivity contribution is 7.88. The molecular weight excluding hydrogens is 384 g/mol. The fraction of sp³-hybridized carbons (Fsp3) is 0.375. The van der Waals surface area contributed by atoms with Crippen molar-refractivity contribution in [2.75, 3.05) is 11.6 Å². The maximum absolute atomic E-state index is 13.8. The summed E-state index contributed by atoms with van der Waals surface area (Å²) < 4.78 is 53.0. The first-order valence-electron chi connectivity index (χ1n) is 7.56. The molecule has 1 unspecified atom stereocenters. The number of sulfonamides is 1. The minimum absolute atomic E-state index is 0.0456. The maximum atomic E-state index is 13.8. The molecule has 0 aliphatic carbocycles. The third-order valence-corrected chi connectivity index (χ3v) is 4.83. The Morgan fingerprint density at radius 2 is 1.81 bits per heavy atom. The Balaban J connectivity index is 2.26. The van der Waals surface area contributed by atoms with Crippen molar-refractivity contribution in [1.29, 1.82) is 0 Å². The van der Waals surface area contributed by atoms with Gasteiger partial charge < -0.3 is 5.32 Å². The molecule has 0 fully saturated rings. The van der Waals surface area contributed by atoms with Gasteiger partial charge in [-0.1, -0.05) is 26.8 Å². The lowest BCUT2D eigenvalue weighted by Crippen LogP contribution is -2.51. The summed E-state index contributed by atoms with van der Waals surface area (Å²) in [5.41, 5.74) is -0.944. The highest BCUT2D eigenvalue weighted by Gasteiger charge is 2.34. The molecule has 142 valence electrons. The van der Waals surface area contributed by atoms with E-state index in [1.54, 1.807) is 20.8 Å². The Morgan fingerprint density at radius 3 is 2.31 bits per heavy atom. The van der Waals surface area contributed by atoms with Gasteiger partial charge in [0.25, 0.3) is 0 Å². The predicted octanol–water partition coefficient (Wildman–Crippen LogP) is 2.99. The molecule has 2 aromatic rings. The van der Waals surface area contributed by atoms with Crippen molar-refractivity contribution in [2.45, 2.75) is 26.8 Å². The number of anilines is 1. The largest absolute Gasteiger partial charge is 0.301 e. The van der Waals surface area contributed by atoms with E-state index in [2.05, 4.69) is 15.0 Å². The van der Waals surface area contributed by atoms with Crippen LogP contribution in [0, 0.1) is 17.0 Å². The maximum Gasteiger partial charge on any atom is 0.244 e. The van der Waals surface area contributed by atoms with Crippen LogP contribution in [0.15, 0.2) is 23.6 Å². The number of nitrogens with one attached hydrogen (secondary N) is 2. The van der Waals surface area contributed by atoms with Crippen LogP contribution in [0.2, 0.25) is 0 Å². The highest BCUT2D eigenvalue weighted by Crippen LogP contribution is 2.30. The van der Waals surface area contributed by atoms with E-state index in [0.29, 0.717) is 0 Å². The molecule has 0 radical (unpaired) electrons. The van der Waals surface area contributed by atoms with E-state index in [4.69, 9.17) is 0 Å². The fourth-order valence-corrected chi connectivity index (χ4v) is 3.80. The minimum Gasteiger partial charge on any atom is -0.301 e. The summed E-state index contributed by atoms with van der Waals surface area (Å²) >= 11 is 0.983. The second-order valence-corrected chi connectivity index (χ2v) is 9.45. The lowest BCUT2D eigenvalue weighted by molar-refractivity contribution is -0.119. The van der Waals surface area contributed by atoms with Gasteiger partial charge in [0, 0.05) is 5.38 Å². The monoisotopic (exact) mass is 403 g/mol. The SMILES string of the molecule is CC(C)(C)C(NS(C)(=O)=O)C(=O)Nc1nc(-c2c(F)cccc2F)cs1. The van der Waals surface area contributed by atoms with Crippen molar-refractivity contribution in [3.05, 3.63) is 35.2 Å². The second-order valence-electron chi connectivity index (χ2n) is 6.81. The second kappa shape index (κ2) is 7.37. The van der Waals surface area contributed by atoms with Crippen LogP contribution in [0.3, 0.4) is 0 Å². The lowest BCUT2D eigenvalue weighted by Gasteiger charge is -2.29. The van der Waals surface area contributed by atoms with E-state index in [9.17, 15) is 22.0 Å². The molecular formula is C16H19F2N3O3S2. The van der Waals surface area contributed by atoms with Crippen molar-refractivity contribution < 1.29 is 22.0 Å². The molecule has 0 bridgehead atoms. The van der Waals surface area contributed by atoms with Gasteiger partial charge >= 0.3 is 0 Å². The molecule has 1 amide bonds. The van der Waals surface area contributed by atoms with Crippen LogP contribution in [0.1, 0.15) is 20.8 Å². The molecule has 0 aliphatic rings. The van der Waals surface area contributed by atoms with Gasteiger partial charge in [-0.3, -0.25) is 4.79 Å². The number of carbonyl (C=O) groups is 1. The van der Waals surface area contributed by atoms with Crippen LogP contribution in [-0.4, -0.2) is 31.6 Å². The molecule has 26 heavy (non-hydrogen) atoms. The van der Waals surface area contributed by atoms with Crippen molar-refractivity contribution >= 4 is 32.4 Å².